The molecule has 2 aromatic rings. The smallest absolute Gasteiger partial charge is 0.267 e. The summed E-state index contributed by atoms with van der Waals surface area (Å²) in [6.07, 6.45) is 10.0. The summed E-state index contributed by atoms with van der Waals surface area (Å²) >= 11 is 6.65. The zero-order valence-electron chi connectivity index (χ0n) is 18.6. The van der Waals surface area contributed by atoms with E-state index in [1.54, 1.807) is 23.2 Å². The van der Waals surface area contributed by atoms with Gasteiger partial charge in [0, 0.05) is 19.3 Å². The molecule has 0 aliphatic carbocycles. The lowest BCUT2D eigenvalue weighted by molar-refractivity contribution is -0.122. The fourth-order valence-corrected chi connectivity index (χ4v) is 4.92. The van der Waals surface area contributed by atoms with E-state index >= 15 is 0 Å². The number of pyridine rings is 1. The summed E-state index contributed by atoms with van der Waals surface area (Å²) in [4.78, 5) is 32.9. The van der Waals surface area contributed by atoms with Crippen molar-refractivity contribution in [1.29, 1.82) is 0 Å². The van der Waals surface area contributed by atoms with E-state index in [9.17, 15) is 14.7 Å². The minimum atomic E-state index is -0.277. The Hall–Kier alpha value is -2.23. The van der Waals surface area contributed by atoms with E-state index in [0.29, 0.717) is 27.2 Å². The average molecular weight is 475 g/mol. The summed E-state index contributed by atoms with van der Waals surface area (Å²) in [7, 11) is 0. The third-order valence-corrected chi connectivity index (χ3v) is 6.75. The van der Waals surface area contributed by atoms with E-state index in [1.165, 1.54) is 35.4 Å². The molecule has 0 spiro atoms. The van der Waals surface area contributed by atoms with Crippen LogP contribution in [0.5, 0.6) is 0 Å². The van der Waals surface area contributed by atoms with Crippen molar-refractivity contribution in [3.8, 4) is 0 Å². The number of aryl methyl sites for hydroxylation is 1. The average Bonchev–Trinajstić information content (AvgIpc) is 3.04. The zero-order chi connectivity index (χ0) is 23.1. The molecule has 0 atom stereocenters. The maximum absolute atomic E-state index is 13.2. The number of hydrogen-bond donors (Lipinski definition) is 2. The Bertz CT molecular complexity index is 1080. The second kappa shape index (κ2) is 11.6. The van der Waals surface area contributed by atoms with Crippen molar-refractivity contribution in [2.24, 2.45) is 0 Å². The van der Waals surface area contributed by atoms with Gasteiger partial charge in [-0.05, 0) is 31.1 Å². The molecule has 0 radical (unpaired) electrons. The number of aromatic nitrogens is 2. The number of rotatable bonds is 11. The lowest BCUT2D eigenvalue weighted by Gasteiger charge is -2.14. The lowest BCUT2D eigenvalue weighted by atomic mass is 10.1. The third kappa shape index (κ3) is 5.57. The summed E-state index contributed by atoms with van der Waals surface area (Å²) in [6.45, 7) is 4.81. The second-order valence-corrected chi connectivity index (χ2v) is 9.49. The molecule has 1 aliphatic rings. The zero-order valence-corrected chi connectivity index (χ0v) is 20.2. The van der Waals surface area contributed by atoms with Gasteiger partial charge in [-0.15, -0.1) is 0 Å². The molecular weight excluding hydrogens is 444 g/mol. The van der Waals surface area contributed by atoms with Crippen molar-refractivity contribution in [2.75, 3.05) is 25.0 Å². The van der Waals surface area contributed by atoms with Gasteiger partial charge in [0.05, 0.1) is 17.1 Å². The van der Waals surface area contributed by atoms with Crippen molar-refractivity contribution < 1.29 is 9.90 Å². The van der Waals surface area contributed by atoms with Crippen LogP contribution in [-0.2, 0) is 4.79 Å². The summed E-state index contributed by atoms with van der Waals surface area (Å²) in [6, 6.07) is 3.67. The van der Waals surface area contributed by atoms with Gasteiger partial charge in [0.2, 0.25) is 0 Å². The number of aliphatic hydroxyl groups excluding tert-OH is 1. The number of aliphatic hydroxyl groups is 1. The molecule has 1 aliphatic heterocycles. The quantitative estimate of drug-likeness (QED) is 0.289. The molecule has 0 unspecified atom stereocenters. The maximum atomic E-state index is 13.2. The molecule has 32 heavy (non-hydrogen) atoms. The second-order valence-electron chi connectivity index (χ2n) is 7.82. The Morgan fingerprint density at radius 1 is 1.22 bits per heavy atom. The number of hydrogen-bond acceptors (Lipinski definition) is 7. The van der Waals surface area contributed by atoms with Crippen LogP contribution >= 0.6 is 24.0 Å². The van der Waals surface area contributed by atoms with Gasteiger partial charge in [-0.3, -0.25) is 18.9 Å². The molecule has 3 rings (SSSR count). The Morgan fingerprint density at radius 2 is 1.97 bits per heavy atom. The number of thiocarbonyl (C=S) groups is 1. The van der Waals surface area contributed by atoms with Crippen LogP contribution < -0.4 is 10.9 Å². The molecule has 7 nitrogen and oxygen atoms in total. The molecule has 3 heterocycles. The van der Waals surface area contributed by atoms with E-state index in [4.69, 9.17) is 12.2 Å². The molecule has 9 heteroatoms. The Morgan fingerprint density at radius 3 is 2.72 bits per heavy atom. The van der Waals surface area contributed by atoms with Crippen molar-refractivity contribution in [3.63, 3.8) is 0 Å². The molecular formula is C23H30N4O3S2. The number of unbranched alkanes of at least 4 members (excludes halogenated alkanes) is 5. The van der Waals surface area contributed by atoms with Crippen molar-refractivity contribution >= 4 is 51.7 Å². The van der Waals surface area contributed by atoms with Gasteiger partial charge in [0.1, 0.15) is 15.8 Å². The van der Waals surface area contributed by atoms with Crippen LogP contribution in [-0.4, -0.2) is 49.3 Å². The number of amides is 1. The van der Waals surface area contributed by atoms with Crippen LogP contribution in [0.4, 0.5) is 5.82 Å². The predicted molar refractivity (Wildman–Crippen MR) is 135 cm³/mol. The van der Waals surface area contributed by atoms with Gasteiger partial charge in [0.15, 0.2) is 0 Å². The van der Waals surface area contributed by atoms with Crippen LogP contribution in [0.15, 0.2) is 28.0 Å². The number of carbonyl (C=O) groups is 1. The Labute approximate surface area is 197 Å². The van der Waals surface area contributed by atoms with Crippen LogP contribution in [0.3, 0.4) is 0 Å². The number of nitrogens with zero attached hydrogens (tertiary/aromatic N) is 3. The fourth-order valence-electron chi connectivity index (χ4n) is 3.62. The topological polar surface area (TPSA) is 86.9 Å². The first kappa shape index (κ1) is 24.4. The van der Waals surface area contributed by atoms with Crippen molar-refractivity contribution in [1.82, 2.24) is 14.3 Å². The molecule has 0 saturated carbocycles. The van der Waals surface area contributed by atoms with Crippen LogP contribution in [0.2, 0.25) is 0 Å². The molecule has 2 N–H and O–H groups in total. The van der Waals surface area contributed by atoms with Crippen LogP contribution in [0.1, 0.15) is 56.6 Å². The molecule has 1 saturated heterocycles. The SMILES string of the molecule is CCCCCCCCN1C(=O)/C(=C\c2c(NCCO)nc3c(C)cccn3c2=O)SC1=S. The van der Waals surface area contributed by atoms with E-state index in [0.717, 1.165) is 24.8 Å². The third-order valence-electron chi connectivity index (χ3n) is 5.37. The highest BCUT2D eigenvalue weighted by atomic mass is 32.2. The standard InChI is InChI=1S/C23H30N4O3S2/c1-3-4-5-6-7-8-12-27-22(30)18(32-23(27)31)15-17-19(24-11-14-28)25-20-16(2)10-9-13-26(20)21(17)29/h9-10,13,15,24,28H,3-8,11-12,14H2,1-2H3/b18-15+. The normalized spacial score (nSPS) is 15.3. The highest BCUT2D eigenvalue weighted by Gasteiger charge is 2.32. The monoisotopic (exact) mass is 474 g/mol. The molecule has 2 aromatic heterocycles. The molecule has 1 amide bonds. The first-order valence-electron chi connectivity index (χ1n) is 11.1. The van der Waals surface area contributed by atoms with Gasteiger partial charge in [-0.25, -0.2) is 4.98 Å². The van der Waals surface area contributed by atoms with Crippen molar-refractivity contribution in [2.45, 2.75) is 52.4 Å². The summed E-state index contributed by atoms with van der Waals surface area (Å²) in [5.74, 6) is 0.176. The Balaban J connectivity index is 1.86. The number of anilines is 1. The van der Waals surface area contributed by atoms with E-state index in [1.807, 2.05) is 13.0 Å². The minimum Gasteiger partial charge on any atom is -0.395 e. The number of fused-ring (bicyclic) bond motifs is 1. The number of nitrogens with one attached hydrogen (secondary N) is 1. The fraction of sp³-hybridized carbons (Fsp3) is 0.478. The lowest BCUT2D eigenvalue weighted by Crippen LogP contribution is -2.29. The highest BCUT2D eigenvalue weighted by Crippen LogP contribution is 2.33. The molecule has 0 aromatic carbocycles. The first-order valence-corrected chi connectivity index (χ1v) is 12.3. The first-order chi connectivity index (χ1) is 15.5. The Kier molecular flexibility index (Phi) is 8.84. The highest BCUT2D eigenvalue weighted by molar-refractivity contribution is 8.26. The van der Waals surface area contributed by atoms with Gasteiger partial charge < -0.3 is 10.4 Å². The number of thioether (sulfide) groups is 1. The minimum absolute atomic E-state index is 0.103. The maximum Gasteiger partial charge on any atom is 0.267 e. The van der Waals surface area contributed by atoms with Crippen molar-refractivity contribution in [3.05, 3.63) is 44.7 Å². The largest absolute Gasteiger partial charge is 0.395 e. The molecule has 0 bridgehead atoms. The van der Waals surface area contributed by atoms with E-state index in [2.05, 4.69) is 17.2 Å². The van der Waals surface area contributed by atoms with Crippen LogP contribution in [0.25, 0.3) is 11.7 Å². The molecule has 172 valence electrons. The van der Waals surface area contributed by atoms with Gasteiger partial charge >= 0.3 is 0 Å². The van der Waals surface area contributed by atoms with Crippen LogP contribution in [0, 0.1) is 6.92 Å². The summed E-state index contributed by atoms with van der Waals surface area (Å²) in [5, 5.41) is 12.2. The summed E-state index contributed by atoms with van der Waals surface area (Å²) < 4.78 is 1.99. The van der Waals surface area contributed by atoms with Gasteiger partial charge in [0.25, 0.3) is 11.5 Å². The predicted octanol–water partition coefficient (Wildman–Crippen LogP) is 3.97. The number of carbonyl (C=O) groups excluding carboxylic acids is 1. The van der Waals surface area contributed by atoms with Gasteiger partial charge in [-0.1, -0.05) is 69.1 Å². The van der Waals surface area contributed by atoms with E-state index < -0.39 is 0 Å². The molecule has 1 fully saturated rings. The summed E-state index contributed by atoms with van der Waals surface area (Å²) in [5.41, 5.74) is 1.39. The van der Waals surface area contributed by atoms with E-state index in [-0.39, 0.29) is 30.2 Å². The van der Waals surface area contributed by atoms with Gasteiger partial charge in [-0.2, -0.15) is 0 Å².